The van der Waals surface area contributed by atoms with E-state index in [-0.39, 0.29) is 5.78 Å². The van der Waals surface area contributed by atoms with Gasteiger partial charge < -0.3 is 14.8 Å². The van der Waals surface area contributed by atoms with Gasteiger partial charge in [0.05, 0.1) is 19.9 Å². The number of benzene rings is 1. The maximum absolute atomic E-state index is 12.1. The molecule has 2 rings (SSSR count). The van der Waals surface area contributed by atoms with Crippen molar-refractivity contribution < 1.29 is 14.3 Å². The van der Waals surface area contributed by atoms with Gasteiger partial charge in [0.25, 0.3) is 0 Å². The van der Waals surface area contributed by atoms with Crippen LogP contribution in [0.2, 0.25) is 0 Å². The monoisotopic (exact) mass is 298 g/mol. The zero-order valence-electron chi connectivity index (χ0n) is 12.8. The summed E-state index contributed by atoms with van der Waals surface area (Å²) in [6.45, 7) is 1.82. The average Bonchev–Trinajstić information content (AvgIpc) is 2.55. The number of pyridine rings is 1. The minimum atomic E-state index is -0.0886. The van der Waals surface area contributed by atoms with Crippen molar-refractivity contribution in [2.24, 2.45) is 0 Å². The van der Waals surface area contributed by atoms with Crippen molar-refractivity contribution in [1.29, 1.82) is 0 Å². The number of nitrogens with zero attached hydrogens (tertiary/aromatic N) is 1. The molecule has 2 aromatic rings. The highest BCUT2D eigenvalue weighted by molar-refractivity contribution is 6.05. The predicted molar refractivity (Wildman–Crippen MR) is 85.5 cm³/mol. The number of anilines is 1. The van der Waals surface area contributed by atoms with Gasteiger partial charge in [0.15, 0.2) is 5.78 Å². The zero-order chi connectivity index (χ0) is 15.9. The number of allylic oxidation sites excluding steroid dienone is 2. The van der Waals surface area contributed by atoms with Gasteiger partial charge in [-0.1, -0.05) is 0 Å². The van der Waals surface area contributed by atoms with Gasteiger partial charge in [0.2, 0.25) is 0 Å². The molecule has 1 aromatic carbocycles. The fourth-order valence-electron chi connectivity index (χ4n) is 1.96. The maximum atomic E-state index is 12.1. The normalized spacial score (nSPS) is 11.0. The van der Waals surface area contributed by atoms with Crippen LogP contribution >= 0.6 is 0 Å². The standard InChI is InChI=1S/C17H18N2O3/c1-12(10-16(20)13-6-8-18-9-7-13)19-15-11-14(21-2)4-5-17(15)22-3/h4-11,19H,1-3H3/b12-10-. The molecule has 0 saturated heterocycles. The van der Waals surface area contributed by atoms with E-state index in [4.69, 9.17) is 9.47 Å². The second-order valence-corrected chi connectivity index (χ2v) is 4.62. The van der Waals surface area contributed by atoms with Crippen LogP contribution < -0.4 is 14.8 Å². The van der Waals surface area contributed by atoms with Gasteiger partial charge >= 0.3 is 0 Å². The summed E-state index contributed by atoms with van der Waals surface area (Å²) >= 11 is 0. The van der Waals surface area contributed by atoms with Crippen molar-refractivity contribution in [3.63, 3.8) is 0 Å². The Hall–Kier alpha value is -2.82. The quantitative estimate of drug-likeness (QED) is 0.655. The van der Waals surface area contributed by atoms with E-state index in [0.29, 0.717) is 22.8 Å². The number of hydrogen-bond acceptors (Lipinski definition) is 5. The van der Waals surface area contributed by atoms with Crippen molar-refractivity contribution in [2.75, 3.05) is 19.5 Å². The fraction of sp³-hybridized carbons (Fsp3) is 0.176. The number of nitrogens with one attached hydrogen (secondary N) is 1. The maximum Gasteiger partial charge on any atom is 0.187 e. The molecule has 5 nitrogen and oxygen atoms in total. The molecule has 1 N–H and O–H groups in total. The number of ether oxygens (including phenoxy) is 2. The lowest BCUT2D eigenvalue weighted by Crippen LogP contribution is -2.03. The summed E-state index contributed by atoms with van der Waals surface area (Å²) in [5.41, 5.74) is 2.03. The lowest BCUT2D eigenvalue weighted by atomic mass is 10.1. The Morgan fingerprint density at radius 1 is 1.14 bits per heavy atom. The molecule has 5 heteroatoms. The van der Waals surface area contributed by atoms with E-state index < -0.39 is 0 Å². The van der Waals surface area contributed by atoms with Crippen molar-refractivity contribution in [2.45, 2.75) is 6.92 Å². The first-order valence-electron chi connectivity index (χ1n) is 6.75. The molecule has 0 amide bonds. The van der Waals surface area contributed by atoms with Gasteiger partial charge in [-0.15, -0.1) is 0 Å². The van der Waals surface area contributed by atoms with E-state index in [2.05, 4.69) is 10.3 Å². The summed E-state index contributed by atoms with van der Waals surface area (Å²) in [6.07, 6.45) is 4.72. The van der Waals surface area contributed by atoms with Crippen LogP contribution in [-0.2, 0) is 0 Å². The summed E-state index contributed by atoms with van der Waals surface area (Å²) in [7, 11) is 3.19. The second-order valence-electron chi connectivity index (χ2n) is 4.62. The van der Waals surface area contributed by atoms with Gasteiger partial charge in [-0.2, -0.15) is 0 Å². The first-order valence-corrected chi connectivity index (χ1v) is 6.75. The fourth-order valence-corrected chi connectivity index (χ4v) is 1.96. The molecule has 0 bridgehead atoms. The lowest BCUT2D eigenvalue weighted by molar-refractivity contribution is 0.104. The minimum absolute atomic E-state index is 0.0886. The number of carbonyl (C=O) groups excluding carboxylic acids is 1. The van der Waals surface area contributed by atoms with E-state index >= 15 is 0 Å². The number of aromatic nitrogens is 1. The third-order valence-corrected chi connectivity index (χ3v) is 3.05. The summed E-state index contributed by atoms with van der Waals surface area (Å²) in [5.74, 6) is 1.29. The number of hydrogen-bond donors (Lipinski definition) is 1. The van der Waals surface area contributed by atoms with E-state index in [9.17, 15) is 4.79 Å². The zero-order valence-corrected chi connectivity index (χ0v) is 12.8. The molecule has 0 saturated carbocycles. The van der Waals surface area contributed by atoms with Gasteiger partial charge in [-0.25, -0.2) is 0 Å². The molecule has 0 unspecified atom stereocenters. The number of rotatable bonds is 6. The largest absolute Gasteiger partial charge is 0.497 e. The van der Waals surface area contributed by atoms with Crippen molar-refractivity contribution >= 4 is 11.5 Å². The molecule has 1 heterocycles. The van der Waals surface area contributed by atoms with Crippen molar-refractivity contribution in [3.8, 4) is 11.5 Å². The van der Waals surface area contributed by atoms with Crippen molar-refractivity contribution in [3.05, 3.63) is 60.1 Å². The Morgan fingerprint density at radius 3 is 2.50 bits per heavy atom. The topological polar surface area (TPSA) is 60.5 Å². The number of methoxy groups -OCH3 is 2. The van der Waals surface area contributed by atoms with Crippen LogP contribution in [0.3, 0.4) is 0 Å². The van der Waals surface area contributed by atoms with Gasteiger partial charge in [0, 0.05) is 35.8 Å². The predicted octanol–water partition coefficient (Wildman–Crippen LogP) is 3.30. The Balaban J connectivity index is 2.19. The summed E-state index contributed by atoms with van der Waals surface area (Å²) in [4.78, 5) is 16.0. The molecule has 0 aliphatic heterocycles. The summed E-state index contributed by atoms with van der Waals surface area (Å²) in [6, 6.07) is 8.79. The van der Waals surface area contributed by atoms with Crippen LogP contribution in [0.1, 0.15) is 17.3 Å². The molecule has 0 radical (unpaired) electrons. The van der Waals surface area contributed by atoms with Crippen LogP contribution in [0, 0.1) is 0 Å². The van der Waals surface area contributed by atoms with Crippen LogP contribution in [0.15, 0.2) is 54.5 Å². The minimum Gasteiger partial charge on any atom is -0.497 e. The molecule has 22 heavy (non-hydrogen) atoms. The SMILES string of the molecule is COc1ccc(OC)c(N/C(C)=C\C(=O)c2ccncc2)c1. The molecule has 0 spiro atoms. The lowest BCUT2D eigenvalue weighted by Gasteiger charge is -2.12. The van der Waals surface area contributed by atoms with E-state index in [0.717, 1.165) is 5.69 Å². The number of carbonyl (C=O) groups is 1. The molecular weight excluding hydrogens is 280 g/mol. The molecule has 0 atom stereocenters. The first-order chi connectivity index (χ1) is 10.6. The van der Waals surface area contributed by atoms with E-state index in [1.165, 1.54) is 6.08 Å². The van der Waals surface area contributed by atoms with Gasteiger partial charge in [0.1, 0.15) is 11.5 Å². The van der Waals surface area contributed by atoms with Crippen LogP contribution in [0.25, 0.3) is 0 Å². The second kappa shape index (κ2) is 7.26. The van der Waals surface area contributed by atoms with Crippen molar-refractivity contribution in [1.82, 2.24) is 4.98 Å². The number of ketones is 1. The van der Waals surface area contributed by atoms with Crippen LogP contribution in [-0.4, -0.2) is 25.0 Å². The third-order valence-electron chi connectivity index (χ3n) is 3.05. The van der Waals surface area contributed by atoms with Gasteiger partial charge in [-0.3, -0.25) is 9.78 Å². The highest BCUT2D eigenvalue weighted by Gasteiger charge is 2.07. The molecule has 1 aromatic heterocycles. The van der Waals surface area contributed by atoms with Crippen LogP contribution in [0.5, 0.6) is 11.5 Å². The molecule has 0 fully saturated rings. The summed E-state index contributed by atoms with van der Waals surface area (Å²) < 4.78 is 10.5. The molecule has 0 aliphatic carbocycles. The molecule has 114 valence electrons. The average molecular weight is 298 g/mol. The van der Waals surface area contributed by atoms with E-state index in [1.807, 2.05) is 19.1 Å². The highest BCUT2D eigenvalue weighted by atomic mass is 16.5. The smallest absolute Gasteiger partial charge is 0.187 e. The Kier molecular flexibility index (Phi) is 5.14. The molecule has 0 aliphatic rings. The first kappa shape index (κ1) is 15.6. The molecular formula is C17H18N2O3. The van der Waals surface area contributed by atoms with Gasteiger partial charge in [-0.05, 0) is 31.2 Å². The highest BCUT2D eigenvalue weighted by Crippen LogP contribution is 2.29. The van der Waals surface area contributed by atoms with E-state index in [1.54, 1.807) is 44.8 Å². The van der Waals surface area contributed by atoms with Crippen LogP contribution in [0.4, 0.5) is 5.69 Å². The summed E-state index contributed by atoms with van der Waals surface area (Å²) in [5, 5.41) is 3.16. The Labute approximate surface area is 129 Å². The Morgan fingerprint density at radius 2 is 1.86 bits per heavy atom. The third kappa shape index (κ3) is 3.85. The Bertz CT molecular complexity index is 682.